The van der Waals surface area contributed by atoms with Crippen LogP contribution in [0.4, 0.5) is 0 Å². The number of hydrogen-bond acceptors (Lipinski definition) is 3. The zero-order valence-electron chi connectivity index (χ0n) is 11.9. The Bertz CT molecular complexity index is 268. The lowest BCUT2D eigenvalue weighted by Crippen LogP contribution is -2.42. The second kappa shape index (κ2) is 8.77. The van der Waals surface area contributed by atoms with Crippen LogP contribution in [0.2, 0.25) is 0 Å². The van der Waals surface area contributed by atoms with Gasteiger partial charge in [-0.1, -0.05) is 0 Å². The molecule has 0 radical (unpaired) electrons. The first kappa shape index (κ1) is 16.7. The van der Waals surface area contributed by atoms with E-state index < -0.39 is 0 Å². The van der Waals surface area contributed by atoms with Gasteiger partial charge in [0.25, 0.3) is 0 Å². The molecular formula is C14H27ClN2O2. The van der Waals surface area contributed by atoms with Gasteiger partial charge < -0.3 is 15.0 Å². The van der Waals surface area contributed by atoms with Crippen molar-refractivity contribution in [2.75, 3.05) is 39.9 Å². The summed E-state index contributed by atoms with van der Waals surface area (Å²) in [7, 11) is 1.75. The zero-order chi connectivity index (χ0) is 12.8. The fourth-order valence-corrected chi connectivity index (χ4v) is 3.13. The molecule has 2 aliphatic rings. The van der Waals surface area contributed by atoms with Crippen LogP contribution < -0.4 is 5.32 Å². The van der Waals surface area contributed by atoms with Crippen molar-refractivity contribution in [1.29, 1.82) is 0 Å². The van der Waals surface area contributed by atoms with Gasteiger partial charge in [0.1, 0.15) is 0 Å². The molecule has 0 aliphatic carbocycles. The minimum Gasteiger partial charge on any atom is -0.384 e. The number of halogens is 1. The van der Waals surface area contributed by atoms with E-state index in [0.29, 0.717) is 17.7 Å². The molecule has 2 saturated heterocycles. The van der Waals surface area contributed by atoms with Crippen LogP contribution in [-0.4, -0.2) is 50.7 Å². The van der Waals surface area contributed by atoms with E-state index in [9.17, 15) is 4.79 Å². The predicted octanol–water partition coefficient (Wildman–Crippen LogP) is 1.68. The van der Waals surface area contributed by atoms with Gasteiger partial charge in [-0.25, -0.2) is 0 Å². The summed E-state index contributed by atoms with van der Waals surface area (Å²) in [4.78, 5) is 14.3. The molecular weight excluding hydrogens is 264 g/mol. The molecule has 112 valence electrons. The average Bonchev–Trinajstić information content (AvgIpc) is 2.40. The summed E-state index contributed by atoms with van der Waals surface area (Å²) >= 11 is 0. The molecule has 0 aromatic rings. The van der Waals surface area contributed by atoms with E-state index in [1.165, 1.54) is 6.42 Å². The van der Waals surface area contributed by atoms with Crippen LogP contribution in [0.25, 0.3) is 0 Å². The summed E-state index contributed by atoms with van der Waals surface area (Å²) in [5.74, 6) is 1.50. The molecule has 4 nitrogen and oxygen atoms in total. The van der Waals surface area contributed by atoms with E-state index >= 15 is 0 Å². The van der Waals surface area contributed by atoms with E-state index in [-0.39, 0.29) is 12.4 Å². The van der Waals surface area contributed by atoms with Gasteiger partial charge in [0.05, 0.1) is 6.61 Å². The van der Waals surface area contributed by atoms with Crippen LogP contribution in [0.5, 0.6) is 0 Å². The molecule has 2 rings (SSSR count). The monoisotopic (exact) mass is 290 g/mol. The van der Waals surface area contributed by atoms with Crippen LogP contribution in [0, 0.1) is 11.8 Å². The van der Waals surface area contributed by atoms with Crippen molar-refractivity contribution < 1.29 is 9.53 Å². The summed E-state index contributed by atoms with van der Waals surface area (Å²) < 4.78 is 5.21. The maximum atomic E-state index is 12.3. The van der Waals surface area contributed by atoms with Gasteiger partial charge in [0, 0.05) is 26.6 Å². The number of rotatable bonds is 4. The third kappa shape index (κ3) is 5.28. The maximum Gasteiger partial charge on any atom is 0.222 e. The maximum absolute atomic E-state index is 12.3. The first-order valence-corrected chi connectivity index (χ1v) is 7.27. The number of nitrogens with one attached hydrogen (secondary N) is 1. The quantitative estimate of drug-likeness (QED) is 0.857. The van der Waals surface area contributed by atoms with Crippen LogP contribution in [-0.2, 0) is 9.53 Å². The Morgan fingerprint density at radius 1 is 1.26 bits per heavy atom. The molecule has 19 heavy (non-hydrogen) atoms. The van der Waals surface area contributed by atoms with Gasteiger partial charge in [-0.3, -0.25) is 4.79 Å². The van der Waals surface area contributed by atoms with E-state index in [0.717, 1.165) is 58.5 Å². The molecule has 1 unspecified atom stereocenters. The first-order chi connectivity index (χ1) is 8.79. The lowest BCUT2D eigenvalue weighted by molar-refractivity contribution is -0.134. The number of carbonyl (C=O) groups is 1. The molecule has 0 aromatic heterocycles. The van der Waals surface area contributed by atoms with Crippen molar-refractivity contribution in [3.8, 4) is 0 Å². The molecule has 1 amide bonds. The van der Waals surface area contributed by atoms with Crippen LogP contribution in [0.15, 0.2) is 0 Å². The number of methoxy groups -OCH3 is 1. The summed E-state index contributed by atoms with van der Waals surface area (Å²) in [6, 6.07) is 0. The Morgan fingerprint density at radius 3 is 2.68 bits per heavy atom. The van der Waals surface area contributed by atoms with Gasteiger partial charge in [0.2, 0.25) is 5.91 Å². The average molecular weight is 291 g/mol. The Balaban J connectivity index is 0.00000180. The van der Waals surface area contributed by atoms with E-state index in [1.807, 2.05) is 0 Å². The van der Waals surface area contributed by atoms with Gasteiger partial charge >= 0.3 is 0 Å². The molecule has 1 atom stereocenters. The van der Waals surface area contributed by atoms with Crippen LogP contribution in [0.3, 0.4) is 0 Å². The topological polar surface area (TPSA) is 41.6 Å². The van der Waals surface area contributed by atoms with Crippen LogP contribution in [0.1, 0.15) is 32.1 Å². The third-order valence-electron chi connectivity index (χ3n) is 4.20. The highest BCUT2D eigenvalue weighted by Gasteiger charge is 2.25. The first-order valence-electron chi connectivity index (χ1n) is 7.27. The lowest BCUT2D eigenvalue weighted by atomic mass is 9.92. The standard InChI is InChI=1S/C14H26N2O2.ClH/c1-18-11-13-3-2-8-16(10-13)14(17)9-12-4-6-15-7-5-12;/h12-13,15H,2-11H2,1H3;1H. The third-order valence-corrected chi connectivity index (χ3v) is 4.20. The number of ether oxygens (including phenoxy) is 1. The SMILES string of the molecule is COCC1CCCN(C(=O)CC2CCNCC2)C1.Cl. The molecule has 1 N–H and O–H groups in total. The minimum absolute atomic E-state index is 0. The van der Waals surface area contributed by atoms with Crippen molar-refractivity contribution in [2.24, 2.45) is 11.8 Å². The van der Waals surface area contributed by atoms with Gasteiger partial charge in [0.15, 0.2) is 0 Å². The molecule has 0 aromatic carbocycles. The number of hydrogen-bond donors (Lipinski definition) is 1. The summed E-state index contributed by atoms with van der Waals surface area (Å²) in [6.07, 6.45) is 5.39. The van der Waals surface area contributed by atoms with E-state index in [1.54, 1.807) is 7.11 Å². The van der Waals surface area contributed by atoms with Crippen LogP contribution >= 0.6 is 12.4 Å². The number of nitrogens with zero attached hydrogens (tertiary/aromatic N) is 1. The van der Waals surface area contributed by atoms with E-state index in [4.69, 9.17) is 4.74 Å². The predicted molar refractivity (Wildman–Crippen MR) is 78.6 cm³/mol. The highest BCUT2D eigenvalue weighted by molar-refractivity contribution is 5.85. The Labute approximate surface area is 122 Å². The number of amides is 1. The number of likely N-dealkylation sites (tertiary alicyclic amines) is 1. The Hall–Kier alpha value is -0.320. The van der Waals surface area contributed by atoms with Crippen molar-refractivity contribution in [3.05, 3.63) is 0 Å². The lowest BCUT2D eigenvalue weighted by Gasteiger charge is -2.34. The smallest absolute Gasteiger partial charge is 0.222 e. The highest BCUT2D eigenvalue weighted by atomic mass is 35.5. The minimum atomic E-state index is 0. The second-order valence-electron chi connectivity index (χ2n) is 5.70. The highest BCUT2D eigenvalue weighted by Crippen LogP contribution is 2.21. The molecule has 0 saturated carbocycles. The van der Waals surface area contributed by atoms with Crippen molar-refractivity contribution >= 4 is 18.3 Å². The summed E-state index contributed by atoms with van der Waals surface area (Å²) in [6.45, 7) is 4.79. The number of carbonyl (C=O) groups excluding carboxylic acids is 1. The molecule has 0 bridgehead atoms. The molecule has 5 heteroatoms. The molecule has 2 fully saturated rings. The van der Waals surface area contributed by atoms with E-state index in [2.05, 4.69) is 10.2 Å². The normalized spacial score (nSPS) is 24.9. The van der Waals surface area contributed by atoms with Gasteiger partial charge in [-0.15, -0.1) is 12.4 Å². The van der Waals surface area contributed by atoms with Gasteiger partial charge in [-0.2, -0.15) is 0 Å². The van der Waals surface area contributed by atoms with Crippen molar-refractivity contribution in [1.82, 2.24) is 10.2 Å². The fourth-order valence-electron chi connectivity index (χ4n) is 3.13. The summed E-state index contributed by atoms with van der Waals surface area (Å²) in [5, 5.41) is 3.35. The Morgan fingerprint density at radius 2 is 2.00 bits per heavy atom. The molecule has 0 spiro atoms. The second-order valence-corrected chi connectivity index (χ2v) is 5.70. The number of piperidine rings is 2. The fraction of sp³-hybridized carbons (Fsp3) is 0.929. The zero-order valence-corrected chi connectivity index (χ0v) is 12.7. The summed E-state index contributed by atoms with van der Waals surface area (Å²) in [5.41, 5.74) is 0. The Kier molecular flexibility index (Phi) is 7.73. The van der Waals surface area contributed by atoms with Crippen molar-refractivity contribution in [2.45, 2.75) is 32.1 Å². The van der Waals surface area contributed by atoms with Gasteiger partial charge in [-0.05, 0) is 50.6 Å². The molecule has 2 aliphatic heterocycles. The largest absolute Gasteiger partial charge is 0.384 e. The molecule has 2 heterocycles. The van der Waals surface area contributed by atoms with Crippen molar-refractivity contribution in [3.63, 3.8) is 0 Å².